The summed E-state index contributed by atoms with van der Waals surface area (Å²) >= 11 is 0. The van der Waals surface area contributed by atoms with Crippen LogP contribution in [0.25, 0.3) is 22.2 Å². The molecule has 0 aliphatic carbocycles. The van der Waals surface area contributed by atoms with Crippen LogP contribution >= 0.6 is 0 Å². The van der Waals surface area contributed by atoms with E-state index in [1.807, 2.05) is 60.7 Å². The minimum absolute atomic E-state index is 0.0699. The van der Waals surface area contributed by atoms with Crippen LogP contribution in [0.3, 0.4) is 0 Å². The first-order valence-electron chi connectivity index (χ1n) is 11.0. The van der Waals surface area contributed by atoms with Gasteiger partial charge in [-0.3, -0.25) is 0 Å². The number of H-pyrrole nitrogens is 1. The van der Waals surface area contributed by atoms with Crippen molar-refractivity contribution in [2.24, 2.45) is 0 Å². The van der Waals surface area contributed by atoms with E-state index in [-0.39, 0.29) is 25.2 Å². The lowest BCUT2D eigenvalue weighted by Gasteiger charge is -2.35. The van der Waals surface area contributed by atoms with Crippen LogP contribution in [0.4, 0.5) is 4.79 Å². The number of amides is 1. The maximum Gasteiger partial charge on any atom is 0.410 e. The number of aromatic nitrogens is 1. The van der Waals surface area contributed by atoms with Gasteiger partial charge in [0, 0.05) is 23.4 Å². The van der Waals surface area contributed by atoms with Crippen molar-refractivity contribution in [3.05, 3.63) is 96.1 Å². The quantitative estimate of drug-likeness (QED) is 0.464. The van der Waals surface area contributed by atoms with Crippen molar-refractivity contribution in [3.63, 3.8) is 0 Å². The molecule has 5 heteroatoms. The van der Waals surface area contributed by atoms with E-state index in [4.69, 9.17) is 4.74 Å². The Balaban J connectivity index is 1.36. The summed E-state index contributed by atoms with van der Waals surface area (Å²) in [5.74, 6) is -0.0699. The third-order valence-electron chi connectivity index (χ3n) is 6.22. The van der Waals surface area contributed by atoms with Gasteiger partial charge in [0.2, 0.25) is 0 Å². The number of ether oxygens (including phenoxy) is 1. The number of carbonyl (C=O) groups is 1. The number of benzene rings is 3. The summed E-state index contributed by atoms with van der Waals surface area (Å²) in [6.07, 6.45) is -0.383. The summed E-state index contributed by atoms with van der Waals surface area (Å²) in [4.78, 5) is 17.8. The average molecular weight is 427 g/mol. The summed E-state index contributed by atoms with van der Waals surface area (Å²) in [5.41, 5.74) is 5.25. The Hall–Kier alpha value is -3.57. The second-order valence-electron chi connectivity index (χ2n) is 8.27. The van der Waals surface area contributed by atoms with Gasteiger partial charge in [-0.25, -0.2) is 4.79 Å². The summed E-state index contributed by atoms with van der Waals surface area (Å²) in [5, 5.41) is 12.2. The monoisotopic (exact) mass is 426 g/mol. The number of β-amino-alcohol motifs (C(OH)–C–C–N with tert-alkyl or cyclic N) is 1. The van der Waals surface area contributed by atoms with Crippen molar-refractivity contribution in [1.29, 1.82) is 0 Å². The van der Waals surface area contributed by atoms with E-state index in [9.17, 15) is 9.90 Å². The molecule has 2 N–H and O–H groups in total. The fourth-order valence-corrected chi connectivity index (χ4v) is 4.63. The van der Waals surface area contributed by atoms with E-state index in [0.29, 0.717) is 13.0 Å². The topological polar surface area (TPSA) is 65.6 Å². The third-order valence-corrected chi connectivity index (χ3v) is 6.22. The normalized spacial score (nSPS) is 18.6. The van der Waals surface area contributed by atoms with Crippen LogP contribution < -0.4 is 0 Å². The van der Waals surface area contributed by atoms with Gasteiger partial charge in [-0.15, -0.1) is 0 Å². The highest BCUT2D eigenvalue weighted by molar-refractivity contribution is 5.91. The molecule has 1 aromatic heterocycles. The number of hydrogen-bond acceptors (Lipinski definition) is 3. The second-order valence-corrected chi connectivity index (χ2v) is 8.27. The van der Waals surface area contributed by atoms with Crippen molar-refractivity contribution in [2.45, 2.75) is 25.0 Å². The Morgan fingerprint density at radius 1 is 0.969 bits per heavy atom. The van der Waals surface area contributed by atoms with E-state index >= 15 is 0 Å². The van der Waals surface area contributed by atoms with Crippen LogP contribution in [0.15, 0.2) is 84.9 Å². The Kier molecular flexibility index (Phi) is 5.65. The van der Waals surface area contributed by atoms with E-state index in [1.165, 1.54) is 0 Å². The molecule has 0 spiro atoms. The predicted molar refractivity (Wildman–Crippen MR) is 125 cm³/mol. The molecule has 1 saturated heterocycles. The Bertz CT molecular complexity index is 1200. The summed E-state index contributed by atoms with van der Waals surface area (Å²) in [6.45, 7) is 1.03. The van der Waals surface area contributed by atoms with E-state index in [0.717, 1.165) is 33.3 Å². The number of likely N-dealkylation sites (tertiary alicyclic amines) is 1. The number of hydrogen-bond donors (Lipinski definition) is 2. The highest BCUT2D eigenvalue weighted by Crippen LogP contribution is 2.40. The van der Waals surface area contributed by atoms with Crippen molar-refractivity contribution in [3.8, 4) is 11.3 Å². The standard InChI is InChI=1S/C27H26N2O3/c30-24-17-29(27(31)32-18-19-9-3-1-4-10-19)16-15-22(24)25-21-13-7-8-14-23(21)28-26(25)20-11-5-2-6-12-20/h1-14,22,24,28,30H,15-18H2/t22-,24-/m0/s1. The van der Waals surface area contributed by atoms with Gasteiger partial charge < -0.3 is 19.7 Å². The Morgan fingerprint density at radius 3 is 2.41 bits per heavy atom. The maximum atomic E-state index is 12.6. The minimum atomic E-state index is -0.672. The number of nitrogens with one attached hydrogen (secondary N) is 1. The molecule has 1 fully saturated rings. The summed E-state index contributed by atoms with van der Waals surface area (Å²) < 4.78 is 5.47. The lowest BCUT2D eigenvalue weighted by Crippen LogP contribution is -2.46. The first kappa shape index (κ1) is 20.3. The number of rotatable bonds is 4. The number of fused-ring (bicyclic) bond motifs is 1. The summed E-state index contributed by atoms with van der Waals surface area (Å²) in [7, 11) is 0. The molecule has 1 aliphatic heterocycles. The zero-order chi connectivity index (χ0) is 21.9. The maximum absolute atomic E-state index is 12.6. The van der Waals surface area contributed by atoms with Crippen molar-refractivity contribution >= 4 is 17.0 Å². The fourth-order valence-electron chi connectivity index (χ4n) is 4.63. The molecule has 162 valence electrons. The van der Waals surface area contributed by atoms with E-state index < -0.39 is 6.10 Å². The molecule has 2 heterocycles. The number of aliphatic hydroxyl groups is 1. The summed E-state index contributed by atoms with van der Waals surface area (Å²) in [6, 6.07) is 28.0. The van der Waals surface area contributed by atoms with Gasteiger partial charge in [-0.1, -0.05) is 78.9 Å². The number of carbonyl (C=O) groups excluding carboxylic acids is 1. The zero-order valence-electron chi connectivity index (χ0n) is 17.8. The van der Waals surface area contributed by atoms with E-state index in [1.54, 1.807) is 4.90 Å². The predicted octanol–water partition coefficient (Wildman–Crippen LogP) is 5.32. The molecule has 0 unspecified atom stereocenters. The van der Waals surface area contributed by atoms with Crippen LogP contribution in [0, 0.1) is 0 Å². The molecule has 0 saturated carbocycles. The highest BCUT2D eigenvalue weighted by Gasteiger charge is 2.35. The van der Waals surface area contributed by atoms with Crippen molar-refractivity contribution < 1.29 is 14.6 Å². The van der Waals surface area contributed by atoms with Gasteiger partial charge in [0.25, 0.3) is 0 Å². The smallest absolute Gasteiger partial charge is 0.410 e. The molecule has 2 atom stereocenters. The number of para-hydroxylation sites is 1. The molecule has 0 radical (unpaired) electrons. The van der Waals surface area contributed by atoms with Gasteiger partial charge in [0.1, 0.15) is 6.61 Å². The van der Waals surface area contributed by atoms with Crippen LogP contribution in [-0.2, 0) is 11.3 Å². The molecule has 1 amide bonds. The lowest BCUT2D eigenvalue weighted by atomic mass is 9.84. The largest absolute Gasteiger partial charge is 0.445 e. The lowest BCUT2D eigenvalue weighted by molar-refractivity contribution is 0.0348. The number of nitrogens with zero attached hydrogens (tertiary/aromatic N) is 1. The second kappa shape index (κ2) is 8.89. The molecule has 5 rings (SSSR count). The molecule has 3 aromatic carbocycles. The van der Waals surface area contributed by atoms with Gasteiger partial charge in [0.05, 0.1) is 18.3 Å². The van der Waals surface area contributed by atoms with Crippen LogP contribution in [0.5, 0.6) is 0 Å². The molecule has 1 aliphatic rings. The Morgan fingerprint density at radius 2 is 1.66 bits per heavy atom. The van der Waals surface area contributed by atoms with Gasteiger partial charge in [-0.05, 0) is 29.2 Å². The SMILES string of the molecule is O=C(OCc1ccccc1)N1CC[C@H](c2c(-c3ccccc3)[nH]c3ccccc23)[C@@H](O)C1. The molecule has 4 aromatic rings. The highest BCUT2D eigenvalue weighted by atomic mass is 16.6. The van der Waals surface area contributed by atoms with Gasteiger partial charge in [-0.2, -0.15) is 0 Å². The average Bonchev–Trinajstić information content (AvgIpc) is 3.23. The van der Waals surface area contributed by atoms with Crippen LogP contribution in [-0.4, -0.2) is 40.3 Å². The first-order valence-corrected chi connectivity index (χ1v) is 11.0. The van der Waals surface area contributed by atoms with Crippen molar-refractivity contribution in [1.82, 2.24) is 9.88 Å². The van der Waals surface area contributed by atoms with Crippen molar-refractivity contribution in [2.75, 3.05) is 13.1 Å². The van der Waals surface area contributed by atoms with Gasteiger partial charge in [0.15, 0.2) is 0 Å². The van der Waals surface area contributed by atoms with E-state index in [2.05, 4.69) is 29.2 Å². The van der Waals surface area contributed by atoms with Crippen LogP contribution in [0.2, 0.25) is 0 Å². The fraction of sp³-hybridized carbons (Fsp3) is 0.222. The first-order chi connectivity index (χ1) is 15.7. The number of piperidine rings is 1. The Labute approximate surface area is 187 Å². The number of aromatic amines is 1. The van der Waals surface area contributed by atoms with Crippen LogP contribution in [0.1, 0.15) is 23.5 Å². The molecule has 5 nitrogen and oxygen atoms in total. The molecule has 32 heavy (non-hydrogen) atoms. The molecular weight excluding hydrogens is 400 g/mol. The number of aliphatic hydroxyl groups excluding tert-OH is 1. The minimum Gasteiger partial charge on any atom is -0.445 e. The molecular formula is C27H26N2O3. The van der Waals surface area contributed by atoms with Gasteiger partial charge >= 0.3 is 6.09 Å². The molecule has 0 bridgehead atoms. The zero-order valence-corrected chi connectivity index (χ0v) is 17.8. The third kappa shape index (κ3) is 3.99.